The molecule has 0 radical (unpaired) electrons. The van der Waals surface area contributed by atoms with Crippen LogP contribution in [0.3, 0.4) is 0 Å². The maximum Gasteiger partial charge on any atom is 0.408 e. The molecule has 168 valence electrons. The summed E-state index contributed by atoms with van der Waals surface area (Å²) in [6.07, 6.45) is 2.58. The molecule has 1 rings (SSSR count). The van der Waals surface area contributed by atoms with Crippen LogP contribution in [0, 0.1) is 5.92 Å². The van der Waals surface area contributed by atoms with Gasteiger partial charge in [0.25, 0.3) is 0 Å². The van der Waals surface area contributed by atoms with Crippen molar-refractivity contribution in [1.29, 1.82) is 0 Å². The van der Waals surface area contributed by atoms with Crippen molar-refractivity contribution in [3.63, 3.8) is 0 Å². The molecule has 1 amide bonds. The topological polar surface area (TPSA) is 92.3 Å². The molecule has 0 spiro atoms. The molecular weight excluding hydrogens is 372 g/mol. The monoisotopic (exact) mass is 412 g/mol. The smallest absolute Gasteiger partial charge is 0.408 e. The van der Waals surface area contributed by atoms with Gasteiger partial charge in [0.1, 0.15) is 5.60 Å². The predicted octanol–water partition coefficient (Wildman–Crippen LogP) is 2.92. The quantitative estimate of drug-likeness (QED) is 0.379. The van der Waals surface area contributed by atoms with Crippen molar-refractivity contribution >= 4 is 18.0 Å². The largest absolute Gasteiger partial charge is 0.469 e. The molecule has 0 atom stereocenters. The Bertz CT molecular complexity index is 560. The number of aliphatic imine (C=N–C) groups is 1. The Morgan fingerprint density at radius 3 is 2.14 bits per heavy atom. The molecule has 1 aliphatic rings. The standard InChI is InChI=1S/C21H40N4O4/c1-8-21(9-2,24-19(27)29-20(4,5)6)15-23-18(22-10-3)25-13-11-16(12-14-25)17(26)28-7/h16H,8-15H2,1-7H3,(H,22,23)(H,24,27). The number of nitrogens with one attached hydrogen (secondary N) is 2. The molecule has 8 heteroatoms. The minimum absolute atomic E-state index is 0.0432. The van der Waals surface area contributed by atoms with E-state index in [9.17, 15) is 9.59 Å². The van der Waals surface area contributed by atoms with Gasteiger partial charge in [-0.05, 0) is 53.4 Å². The van der Waals surface area contributed by atoms with Crippen LogP contribution in [-0.4, -0.2) is 67.4 Å². The molecule has 0 saturated carbocycles. The maximum atomic E-state index is 12.3. The predicted molar refractivity (Wildman–Crippen MR) is 115 cm³/mol. The van der Waals surface area contributed by atoms with Gasteiger partial charge in [-0.2, -0.15) is 0 Å². The number of esters is 1. The maximum absolute atomic E-state index is 12.3. The van der Waals surface area contributed by atoms with Crippen molar-refractivity contribution in [1.82, 2.24) is 15.5 Å². The third-order valence-electron chi connectivity index (χ3n) is 5.32. The number of methoxy groups -OCH3 is 1. The summed E-state index contributed by atoms with van der Waals surface area (Å²) in [5, 5.41) is 6.38. The summed E-state index contributed by atoms with van der Waals surface area (Å²) in [6.45, 7) is 14.4. The number of hydrogen-bond acceptors (Lipinski definition) is 5. The Morgan fingerprint density at radius 2 is 1.69 bits per heavy atom. The van der Waals surface area contributed by atoms with E-state index in [0.29, 0.717) is 6.54 Å². The molecule has 1 aliphatic heterocycles. The zero-order valence-corrected chi connectivity index (χ0v) is 19.3. The van der Waals surface area contributed by atoms with E-state index in [2.05, 4.69) is 15.5 Å². The van der Waals surface area contributed by atoms with Crippen LogP contribution in [0.5, 0.6) is 0 Å². The van der Waals surface area contributed by atoms with Crippen molar-refractivity contribution in [3.8, 4) is 0 Å². The van der Waals surface area contributed by atoms with Crippen LogP contribution in [-0.2, 0) is 14.3 Å². The molecular formula is C21H40N4O4. The van der Waals surface area contributed by atoms with Gasteiger partial charge >= 0.3 is 12.1 Å². The van der Waals surface area contributed by atoms with E-state index < -0.39 is 17.2 Å². The number of hydrogen-bond donors (Lipinski definition) is 2. The highest BCUT2D eigenvalue weighted by Gasteiger charge is 2.32. The fourth-order valence-electron chi connectivity index (χ4n) is 3.36. The van der Waals surface area contributed by atoms with Gasteiger partial charge in [0, 0.05) is 19.6 Å². The summed E-state index contributed by atoms with van der Waals surface area (Å²) in [6, 6.07) is 0. The van der Waals surface area contributed by atoms with E-state index in [4.69, 9.17) is 14.5 Å². The van der Waals surface area contributed by atoms with Crippen molar-refractivity contribution < 1.29 is 19.1 Å². The lowest BCUT2D eigenvalue weighted by molar-refractivity contribution is -0.146. The second kappa shape index (κ2) is 11.3. The molecule has 0 bridgehead atoms. The van der Waals surface area contributed by atoms with E-state index in [1.54, 1.807) is 0 Å². The first kappa shape index (κ1) is 25.0. The SMILES string of the molecule is CCNC(=NCC(CC)(CC)NC(=O)OC(C)(C)C)N1CCC(C(=O)OC)CC1. The zero-order valence-electron chi connectivity index (χ0n) is 19.3. The number of alkyl carbamates (subject to hydrolysis) is 1. The minimum atomic E-state index is -0.542. The summed E-state index contributed by atoms with van der Waals surface area (Å²) in [5.41, 5.74) is -1.01. The molecule has 0 aromatic heterocycles. The summed E-state index contributed by atoms with van der Waals surface area (Å²) in [5.74, 6) is 0.635. The first-order valence-corrected chi connectivity index (χ1v) is 10.7. The number of likely N-dealkylation sites (tertiary alicyclic amines) is 1. The van der Waals surface area contributed by atoms with Crippen LogP contribution < -0.4 is 10.6 Å². The molecule has 1 heterocycles. The lowest BCUT2D eigenvalue weighted by Gasteiger charge is -2.35. The number of ether oxygens (including phenoxy) is 2. The van der Waals surface area contributed by atoms with Gasteiger partial charge in [-0.1, -0.05) is 13.8 Å². The number of amides is 1. The number of piperidine rings is 1. The zero-order chi connectivity index (χ0) is 22.1. The van der Waals surface area contributed by atoms with Crippen LogP contribution in [0.2, 0.25) is 0 Å². The van der Waals surface area contributed by atoms with Gasteiger partial charge < -0.3 is 25.0 Å². The number of guanidine groups is 1. The molecule has 0 aliphatic carbocycles. The summed E-state index contributed by atoms with van der Waals surface area (Å²) in [4.78, 5) is 31.1. The number of carbonyl (C=O) groups is 2. The molecule has 1 fully saturated rings. The van der Waals surface area contributed by atoms with Crippen LogP contribution in [0.1, 0.15) is 67.2 Å². The highest BCUT2D eigenvalue weighted by atomic mass is 16.6. The van der Waals surface area contributed by atoms with Crippen LogP contribution in [0.15, 0.2) is 4.99 Å². The molecule has 0 aromatic carbocycles. The minimum Gasteiger partial charge on any atom is -0.469 e. The average Bonchev–Trinajstić information content (AvgIpc) is 2.68. The van der Waals surface area contributed by atoms with Gasteiger partial charge in [-0.3, -0.25) is 9.79 Å². The number of nitrogens with zero attached hydrogens (tertiary/aromatic N) is 2. The van der Waals surface area contributed by atoms with E-state index in [1.165, 1.54) is 7.11 Å². The first-order chi connectivity index (χ1) is 13.6. The Morgan fingerprint density at radius 1 is 1.10 bits per heavy atom. The van der Waals surface area contributed by atoms with Crippen molar-refractivity contribution in [2.24, 2.45) is 10.9 Å². The Kier molecular flexibility index (Phi) is 9.73. The van der Waals surface area contributed by atoms with Gasteiger partial charge in [0.15, 0.2) is 5.96 Å². The van der Waals surface area contributed by atoms with E-state index >= 15 is 0 Å². The second-order valence-corrected chi connectivity index (χ2v) is 8.57. The molecule has 2 N–H and O–H groups in total. The Hall–Kier alpha value is -1.99. The highest BCUT2D eigenvalue weighted by Crippen LogP contribution is 2.20. The van der Waals surface area contributed by atoms with Crippen molar-refractivity contribution in [2.45, 2.75) is 78.4 Å². The van der Waals surface area contributed by atoms with E-state index in [1.807, 2.05) is 41.5 Å². The average molecular weight is 413 g/mol. The fourth-order valence-corrected chi connectivity index (χ4v) is 3.36. The second-order valence-electron chi connectivity index (χ2n) is 8.57. The molecule has 0 aromatic rings. The highest BCUT2D eigenvalue weighted by molar-refractivity contribution is 5.80. The van der Waals surface area contributed by atoms with Crippen molar-refractivity contribution in [3.05, 3.63) is 0 Å². The molecule has 8 nitrogen and oxygen atoms in total. The Labute approximate surface area is 175 Å². The lowest BCUT2D eigenvalue weighted by atomic mass is 9.93. The summed E-state index contributed by atoms with van der Waals surface area (Å²) >= 11 is 0. The summed E-state index contributed by atoms with van der Waals surface area (Å²) in [7, 11) is 1.44. The van der Waals surface area contributed by atoms with Gasteiger partial charge in [0.2, 0.25) is 0 Å². The van der Waals surface area contributed by atoms with Gasteiger partial charge in [-0.25, -0.2) is 4.79 Å². The number of carbonyl (C=O) groups excluding carboxylic acids is 2. The van der Waals surface area contributed by atoms with E-state index in [0.717, 1.165) is 51.3 Å². The van der Waals surface area contributed by atoms with E-state index in [-0.39, 0.29) is 11.9 Å². The normalized spacial score (nSPS) is 16.4. The van der Waals surface area contributed by atoms with Crippen LogP contribution in [0.25, 0.3) is 0 Å². The van der Waals surface area contributed by atoms with Crippen LogP contribution in [0.4, 0.5) is 4.79 Å². The fraction of sp³-hybridized carbons (Fsp3) is 0.857. The van der Waals surface area contributed by atoms with Gasteiger partial charge in [-0.15, -0.1) is 0 Å². The lowest BCUT2D eigenvalue weighted by Crippen LogP contribution is -2.53. The summed E-state index contributed by atoms with van der Waals surface area (Å²) < 4.78 is 10.3. The van der Waals surface area contributed by atoms with Crippen molar-refractivity contribution in [2.75, 3.05) is 33.3 Å². The molecule has 0 unspecified atom stereocenters. The molecule has 1 saturated heterocycles. The van der Waals surface area contributed by atoms with Gasteiger partial charge in [0.05, 0.1) is 25.1 Å². The molecule has 29 heavy (non-hydrogen) atoms. The third kappa shape index (κ3) is 8.11. The number of rotatable bonds is 7. The van der Waals surface area contributed by atoms with Crippen LogP contribution >= 0.6 is 0 Å². The Balaban J connectivity index is 2.85. The third-order valence-corrected chi connectivity index (χ3v) is 5.32. The first-order valence-electron chi connectivity index (χ1n) is 10.7.